The zero-order valence-corrected chi connectivity index (χ0v) is 12.1. The van der Waals surface area contributed by atoms with Gasteiger partial charge in [0.15, 0.2) is 5.69 Å². The van der Waals surface area contributed by atoms with Gasteiger partial charge in [0.2, 0.25) is 0 Å². The van der Waals surface area contributed by atoms with E-state index in [4.69, 9.17) is 5.11 Å². The molecule has 0 saturated carbocycles. The van der Waals surface area contributed by atoms with Crippen LogP contribution in [0.2, 0.25) is 0 Å². The van der Waals surface area contributed by atoms with E-state index >= 15 is 0 Å². The molecule has 100 valence electrons. The van der Waals surface area contributed by atoms with Gasteiger partial charge in [0, 0.05) is 18.5 Å². The van der Waals surface area contributed by atoms with Crippen molar-refractivity contribution in [2.45, 2.75) is 33.7 Å². The minimum atomic E-state index is -0.944. The summed E-state index contributed by atoms with van der Waals surface area (Å²) in [4.78, 5) is 17.3. The summed E-state index contributed by atoms with van der Waals surface area (Å²) < 4.78 is 0. The first-order valence-corrected chi connectivity index (χ1v) is 7.09. The number of carbonyl (C=O) groups is 1. The number of nitrogens with zero attached hydrogens (tertiary/aromatic N) is 2. The standard InChI is InChI=1S/C13H20N2O2S/c1-8(11-14-10(7-18-11)12(16)17)15-5-9(6-15)13(2,3)4/h7-9H,5-6H2,1-4H3,(H,16,17). The van der Waals surface area contributed by atoms with Crippen LogP contribution in [-0.4, -0.2) is 34.0 Å². The molecule has 0 aromatic carbocycles. The summed E-state index contributed by atoms with van der Waals surface area (Å²) in [5, 5.41) is 11.4. The highest BCUT2D eigenvalue weighted by Crippen LogP contribution is 2.38. The number of rotatable bonds is 3. The van der Waals surface area contributed by atoms with E-state index in [1.807, 2.05) is 0 Å². The Bertz CT molecular complexity index is 444. The molecule has 0 radical (unpaired) electrons. The van der Waals surface area contributed by atoms with Crippen molar-refractivity contribution in [2.75, 3.05) is 13.1 Å². The molecule has 1 aromatic rings. The van der Waals surface area contributed by atoms with Crippen LogP contribution in [0.4, 0.5) is 0 Å². The fourth-order valence-corrected chi connectivity index (χ4v) is 2.99. The number of hydrogen-bond donors (Lipinski definition) is 1. The zero-order valence-electron chi connectivity index (χ0n) is 11.3. The van der Waals surface area contributed by atoms with Gasteiger partial charge in [-0.3, -0.25) is 4.90 Å². The Hall–Kier alpha value is -0.940. The zero-order chi connectivity index (χ0) is 13.5. The first-order valence-electron chi connectivity index (χ1n) is 6.22. The molecule has 0 spiro atoms. The van der Waals surface area contributed by atoms with E-state index < -0.39 is 5.97 Å². The van der Waals surface area contributed by atoms with Crippen LogP contribution in [0.15, 0.2) is 5.38 Å². The van der Waals surface area contributed by atoms with E-state index in [0.29, 0.717) is 5.41 Å². The lowest BCUT2D eigenvalue weighted by atomic mass is 9.75. The van der Waals surface area contributed by atoms with Gasteiger partial charge in [0.25, 0.3) is 0 Å². The van der Waals surface area contributed by atoms with E-state index in [9.17, 15) is 4.79 Å². The molecule has 1 aliphatic heterocycles. The van der Waals surface area contributed by atoms with E-state index in [1.165, 1.54) is 11.3 Å². The second-order valence-electron chi connectivity index (χ2n) is 6.07. The maximum atomic E-state index is 10.8. The van der Waals surface area contributed by atoms with Crippen molar-refractivity contribution in [1.82, 2.24) is 9.88 Å². The summed E-state index contributed by atoms with van der Waals surface area (Å²) in [6.07, 6.45) is 0. The first-order chi connectivity index (χ1) is 8.29. The number of aromatic carboxylic acids is 1. The van der Waals surface area contributed by atoms with Crippen LogP contribution in [0.1, 0.15) is 49.2 Å². The van der Waals surface area contributed by atoms with Gasteiger partial charge in [-0.1, -0.05) is 20.8 Å². The van der Waals surface area contributed by atoms with Crippen LogP contribution >= 0.6 is 11.3 Å². The summed E-state index contributed by atoms with van der Waals surface area (Å²) in [5.74, 6) is -0.222. The van der Waals surface area contributed by atoms with Crippen LogP contribution in [0.5, 0.6) is 0 Å². The molecule has 18 heavy (non-hydrogen) atoms. The second-order valence-corrected chi connectivity index (χ2v) is 6.96. The van der Waals surface area contributed by atoms with E-state index in [0.717, 1.165) is 24.0 Å². The van der Waals surface area contributed by atoms with Gasteiger partial charge >= 0.3 is 5.97 Å². The van der Waals surface area contributed by atoms with Gasteiger partial charge in [0.05, 0.1) is 6.04 Å². The molecule has 1 saturated heterocycles. The summed E-state index contributed by atoms with van der Waals surface area (Å²) in [6.45, 7) is 11.1. The average molecular weight is 268 g/mol. The van der Waals surface area contributed by atoms with Crippen LogP contribution in [-0.2, 0) is 0 Å². The number of hydrogen-bond acceptors (Lipinski definition) is 4. The molecule has 1 N–H and O–H groups in total. The summed E-state index contributed by atoms with van der Waals surface area (Å²) in [6, 6.07) is 0.224. The molecule has 1 fully saturated rings. The number of carboxylic acid groups (broad SMARTS) is 1. The van der Waals surface area contributed by atoms with Crippen molar-refractivity contribution in [1.29, 1.82) is 0 Å². The lowest BCUT2D eigenvalue weighted by Crippen LogP contribution is -2.52. The lowest BCUT2D eigenvalue weighted by molar-refractivity contribution is -0.00278. The highest BCUT2D eigenvalue weighted by Gasteiger charge is 2.38. The van der Waals surface area contributed by atoms with Crippen LogP contribution < -0.4 is 0 Å². The largest absolute Gasteiger partial charge is 0.476 e. The third-order valence-electron chi connectivity index (χ3n) is 3.78. The minimum absolute atomic E-state index is 0.162. The predicted molar refractivity (Wildman–Crippen MR) is 72.0 cm³/mol. The maximum Gasteiger partial charge on any atom is 0.355 e. The maximum absolute atomic E-state index is 10.8. The molecular weight excluding hydrogens is 248 g/mol. The Morgan fingerprint density at radius 2 is 2.17 bits per heavy atom. The molecule has 0 amide bonds. The molecule has 1 unspecified atom stereocenters. The second kappa shape index (κ2) is 4.63. The predicted octanol–water partition coefficient (Wildman–Crippen LogP) is 2.88. The third-order valence-corrected chi connectivity index (χ3v) is 4.80. The highest BCUT2D eigenvalue weighted by atomic mass is 32.1. The Kier molecular flexibility index (Phi) is 3.47. The minimum Gasteiger partial charge on any atom is -0.476 e. The van der Waals surface area contributed by atoms with E-state index in [1.54, 1.807) is 5.38 Å². The summed E-state index contributed by atoms with van der Waals surface area (Å²) in [5.41, 5.74) is 0.514. The third kappa shape index (κ3) is 2.57. The van der Waals surface area contributed by atoms with Crippen molar-refractivity contribution in [3.05, 3.63) is 16.1 Å². The van der Waals surface area contributed by atoms with Gasteiger partial charge < -0.3 is 5.11 Å². The monoisotopic (exact) mass is 268 g/mol. The Morgan fingerprint density at radius 3 is 2.61 bits per heavy atom. The Morgan fingerprint density at radius 1 is 1.56 bits per heavy atom. The molecule has 2 rings (SSSR count). The number of thiazole rings is 1. The summed E-state index contributed by atoms with van der Waals surface area (Å²) >= 11 is 1.44. The molecule has 5 heteroatoms. The lowest BCUT2D eigenvalue weighted by Gasteiger charge is -2.48. The van der Waals surface area contributed by atoms with Gasteiger partial charge in [0.1, 0.15) is 5.01 Å². The Balaban J connectivity index is 1.97. The molecule has 1 atom stereocenters. The van der Waals surface area contributed by atoms with Crippen molar-refractivity contribution in [2.24, 2.45) is 11.3 Å². The van der Waals surface area contributed by atoms with Gasteiger partial charge in [-0.2, -0.15) is 0 Å². The molecule has 1 aliphatic rings. The van der Waals surface area contributed by atoms with Crippen LogP contribution in [0.25, 0.3) is 0 Å². The topological polar surface area (TPSA) is 53.4 Å². The van der Waals surface area contributed by atoms with Gasteiger partial charge in [-0.05, 0) is 18.3 Å². The first kappa shape index (κ1) is 13.5. The number of likely N-dealkylation sites (tertiary alicyclic amines) is 1. The quantitative estimate of drug-likeness (QED) is 0.916. The van der Waals surface area contributed by atoms with Crippen molar-refractivity contribution < 1.29 is 9.90 Å². The number of aromatic nitrogens is 1. The van der Waals surface area contributed by atoms with Crippen LogP contribution in [0.3, 0.4) is 0 Å². The smallest absolute Gasteiger partial charge is 0.355 e. The Labute approximate surface area is 112 Å². The number of carboxylic acids is 1. The fraction of sp³-hybridized carbons (Fsp3) is 0.692. The molecule has 1 aromatic heterocycles. The molecule has 0 bridgehead atoms. The van der Waals surface area contributed by atoms with Crippen LogP contribution in [0, 0.1) is 11.3 Å². The molecule has 0 aliphatic carbocycles. The highest BCUT2D eigenvalue weighted by molar-refractivity contribution is 7.09. The molecule has 2 heterocycles. The normalized spacial score (nSPS) is 19.6. The molecular formula is C13H20N2O2S. The van der Waals surface area contributed by atoms with E-state index in [-0.39, 0.29) is 11.7 Å². The van der Waals surface area contributed by atoms with E-state index in [2.05, 4.69) is 37.6 Å². The van der Waals surface area contributed by atoms with Crippen molar-refractivity contribution in [3.63, 3.8) is 0 Å². The van der Waals surface area contributed by atoms with Crippen molar-refractivity contribution >= 4 is 17.3 Å². The van der Waals surface area contributed by atoms with Gasteiger partial charge in [-0.25, -0.2) is 9.78 Å². The SMILES string of the molecule is CC(c1nc(C(=O)O)cs1)N1CC(C(C)(C)C)C1. The summed E-state index contributed by atoms with van der Waals surface area (Å²) in [7, 11) is 0. The van der Waals surface area contributed by atoms with Crippen molar-refractivity contribution in [3.8, 4) is 0 Å². The fourth-order valence-electron chi connectivity index (χ4n) is 2.11. The van der Waals surface area contributed by atoms with Gasteiger partial charge in [-0.15, -0.1) is 11.3 Å². The molecule has 4 nitrogen and oxygen atoms in total. The average Bonchev–Trinajstić information content (AvgIpc) is 2.60.